The van der Waals surface area contributed by atoms with Crippen LogP contribution in [0.5, 0.6) is 0 Å². The molecule has 104 valence electrons. The molecule has 0 saturated carbocycles. The van der Waals surface area contributed by atoms with E-state index in [1.54, 1.807) is 4.90 Å². The number of carbonyl (C=O) groups is 1. The lowest BCUT2D eigenvalue weighted by Crippen LogP contribution is -2.28. The highest BCUT2D eigenvalue weighted by Crippen LogP contribution is 2.33. The molecule has 0 spiro atoms. The van der Waals surface area contributed by atoms with E-state index in [1.807, 2.05) is 19.2 Å². The van der Waals surface area contributed by atoms with Gasteiger partial charge in [0.1, 0.15) is 0 Å². The summed E-state index contributed by atoms with van der Waals surface area (Å²) in [5.74, 6) is 0.142. The van der Waals surface area contributed by atoms with Crippen LogP contribution in [-0.4, -0.2) is 19.5 Å². The van der Waals surface area contributed by atoms with Gasteiger partial charge in [0.25, 0.3) is 0 Å². The topological polar surface area (TPSA) is 72.3 Å². The van der Waals surface area contributed by atoms with Gasteiger partial charge in [-0.3, -0.25) is 4.79 Å². The van der Waals surface area contributed by atoms with Crippen LogP contribution in [0.2, 0.25) is 0 Å². The Labute approximate surface area is 114 Å². The Morgan fingerprint density at radius 1 is 1.42 bits per heavy atom. The zero-order valence-electron chi connectivity index (χ0n) is 11.9. The van der Waals surface area contributed by atoms with Gasteiger partial charge in [-0.05, 0) is 35.6 Å². The van der Waals surface area contributed by atoms with Crippen molar-refractivity contribution in [2.45, 2.75) is 32.7 Å². The summed E-state index contributed by atoms with van der Waals surface area (Å²) in [4.78, 5) is 13.4. The van der Waals surface area contributed by atoms with Crippen molar-refractivity contribution < 1.29 is 4.79 Å². The van der Waals surface area contributed by atoms with Crippen molar-refractivity contribution in [1.29, 1.82) is 0 Å². The van der Waals surface area contributed by atoms with E-state index in [4.69, 9.17) is 11.5 Å². The average Bonchev–Trinajstić information content (AvgIpc) is 2.64. The van der Waals surface area contributed by atoms with Gasteiger partial charge in [0.15, 0.2) is 0 Å². The molecule has 1 aromatic rings. The zero-order chi connectivity index (χ0) is 14.2. The number of amides is 1. The molecule has 2 rings (SSSR count). The fourth-order valence-electron chi connectivity index (χ4n) is 2.52. The first-order valence-corrected chi connectivity index (χ1v) is 6.69. The summed E-state index contributed by atoms with van der Waals surface area (Å²) in [6.07, 6.45) is 1.32. The molecular weight excluding hydrogens is 238 g/mol. The molecule has 19 heavy (non-hydrogen) atoms. The van der Waals surface area contributed by atoms with Crippen LogP contribution in [0.4, 0.5) is 5.69 Å². The van der Waals surface area contributed by atoms with Crippen molar-refractivity contribution in [2.24, 2.45) is 16.9 Å². The Hall–Kier alpha value is -1.39. The third kappa shape index (κ3) is 2.80. The molecule has 1 aliphatic rings. The molecule has 0 fully saturated rings. The van der Waals surface area contributed by atoms with E-state index >= 15 is 0 Å². The van der Waals surface area contributed by atoms with Crippen LogP contribution in [0.25, 0.3) is 0 Å². The Morgan fingerprint density at radius 3 is 2.74 bits per heavy atom. The summed E-state index contributed by atoms with van der Waals surface area (Å²) < 4.78 is 0. The number of carbonyl (C=O) groups excluding carboxylic acids is 1. The van der Waals surface area contributed by atoms with Crippen LogP contribution < -0.4 is 16.4 Å². The average molecular weight is 261 g/mol. The summed E-state index contributed by atoms with van der Waals surface area (Å²) in [5, 5.41) is 0. The van der Waals surface area contributed by atoms with Crippen molar-refractivity contribution in [2.75, 3.05) is 18.5 Å². The Bertz CT molecular complexity index is 496. The van der Waals surface area contributed by atoms with E-state index < -0.39 is 0 Å². The van der Waals surface area contributed by atoms with Crippen molar-refractivity contribution in [1.82, 2.24) is 0 Å². The third-order valence-electron chi connectivity index (χ3n) is 3.93. The minimum absolute atomic E-state index is 0.0328. The summed E-state index contributed by atoms with van der Waals surface area (Å²) in [5.41, 5.74) is 15.2. The molecule has 0 radical (unpaired) electrons. The third-order valence-corrected chi connectivity index (χ3v) is 3.93. The lowest BCUT2D eigenvalue weighted by Gasteiger charge is -2.26. The number of nitrogens with two attached hydrogens (primary N) is 2. The molecule has 4 N–H and O–H groups in total. The SMILES string of the molecule is CN1C(=O)Cc2cc(C(N)CC(C)(C)CN)ccc21. The molecule has 0 aliphatic carbocycles. The highest BCUT2D eigenvalue weighted by atomic mass is 16.2. The zero-order valence-corrected chi connectivity index (χ0v) is 11.9. The van der Waals surface area contributed by atoms with Gasteiger partial charge < -0.3 is 16.4 Å². The first-order chi connectivity index (χ1) is 8.84. The van der Waals surface area contributed by atoms with Crippen LogP contribution >= 0.6 is 0 Å². The smallest absolute Gasteiger partial charge is 0.231 e. The van der Waals surface area contributed by atoms with Crippen LogP contribution in [0, 0.1) is 5.41 Å². The molecule has 4 heteroatoms. The number of rotatable bonds is 4. The number of fused-ring (bicyclic) bond motifs is 1. The molecule has 1 atom stereocenters. The van der Waals surface area contributed by atoms with Gasteiger partial charge in [-0.25, -0.2) is 0 Å². The van der Waals surface area contributed by atoms with Crippen LogP contribution in [0.3, 0.4) is 0 Å². The van der Waals surface area contributed by atoms with Crippen LogP contribution in [-0.2, 0) is 11.2 Å². The first-order valence-electron chi connectivity index (χ1n) is 6.69. The Kier molecular flexibility index (Phi) is 3.65. The van der Waals surface area contributed by atoms with Gasteiger partial charge in [0.2, 0.25) is 5.91 Å². The lowest BCUT2D eigenvalue weighted by molar-refractivity contribution is -0.117. The van der Waals surface area contributed by atoms with Crippen molar-refractivity contribution in [3.05, 3.63) is 29.3 Å². The van der Waals surface area contributed by atoms with E-state index in [9.17, 15) is 4.79 Å². The molecule has 0 saturated heterocycles. The molecule has 1 unspecified atom stereocenters. The standard InChI is InChI=1S/C15H23N3O/c1-15(2,9-16)8-12(17)10-4-5-13-11(6-10)7-14(19)18(13)3/h4-6,12H,7-9,16-17H2,1-3H3. The lowest BCUT2D eigenvalue weighted by atomic mass is 9.83. The second kappa shape index (κ2) is 4.94. The van der Waals surface area contributed by atoms with E-state index in [0.717, 1.165) is 23.2 Å². The maximum Gasteiger partial charge on any atom is 0.231 e. The fourth-order valence-corrected chi connectivity index (χ4v) is 2.52. The van der Waals surface area contributed by atoms with E-state index in [0.29, 0.717) is 13.0 Å². The summed E-state index contributed by atoms with van der Waals surface area (Å²) >= 11 is 0. The molecule has 1 amide bonds. The van der Waals surface area contributed by atoms with Gasteiger partial charge in [0.05, 0.1) is 6.42 Å². The summed E-state index contributed by atoms with van der Waals surface area (Å²) in [6, 6.07) is 6.04. The fraction of sp³-hybridized carbons (Fsp3) is 0.533. The predicted octanol–water partition coefficient (Wildman–Crippen LogP) is 1.58. The second-order valence-electron chi connectivity index (χ2n) is 6.20. The highest BCUT2D eigenvalue weighted by molar-refractivity contribution is 6.00. The number of likely N-dealkylation sites (N-methyl/N-ethyl adjacent to an activating group) is 1. The van der Waals surface area contributed by atoms with Gasteiger partial charge >= 0.3 is 0 Å². The molecule has 1 aliphatic heterocycles. The Morgan fingerprint density at radius 2 is 2.11 bits per heavy atom. The number of benzene rings is 1. The molecule has 1 heterocycles. The maximum absolute atomic E-state index is 11.7. The summed E-state index contributed by atoms with van der Waals surface area (Å²) in [6.45, 7) is 4.86. The molecule has 4 nitrogen and oxygen atoms in total. The first kappa shape index (κ1) is 14.0. The molecule has 1 aromatic carbocycles. The minimum Gasteiger partial charge on any atom is -0.330 e. The number of hydrogen-bond acceptors (Lipinski definition) is 3. The minimum atomic E-state index is -0.0372. The second-order valence-corrected chi connectivity index (χ2v) is 6.20. The Balaban J connectivity index is 2.20. The summed E-state index contributed by atoms with van der Waals surface area (Å²) in [7, 11) is 1.81. The monoisotopic (exact) mass is 261 g/mol. The molecular formula is C15H23N3O. The van der Waals surface area contributed by atoms with Gasteiger partial charge in [-0.1, -0.05) is 26.0 Å². The number of nitrogens with zero attached hydrogens (tertiary/aromatic N) is 1. The van der Waals surface area contributed by atoms with E-state index in [1.165, 1.54) is 0 Å². The van der Waals surface area contributed by atoms with Crippen molar-refractivity contribution >= 4 is 11.6 Å². The normalized spacial score (nSPS) is 16.7. The van der Waals surface area contributed by atoms with E-state index in [-0.39, 0.29) is 17.4 Å². The number of anilines is 1. The van der Waals surface area contributed by atoms with Crippen molar-refractivity contribution in [3.8, 4) is 0 Å². The molecule has 0 aromatic heterocycles. The molecule has 0 bridgehead atoms. The van der Waals surface area contributed by atoms with Gasteiger partial charge in [-0.2, -0.15) is 0 Å². The van der Waals surface area contributed by atoms with E-state index in [2.05, 4.69) is 19.9 Å². The maximum atomic E-state index is 11.7. The quantitative estimate of drug-likeness (QED) is 0.864. The van der Waals surface area contributed by atoms with Gasteiger partial charge in [-0.15, -0.1) is 0 Å². The largest absolute Gasteiger partial charge is 0.330 e. The van der Waals surface area contributed by atoms with Gasteiger partial charge in [0, 0.05) is 18.8 Å². The van der Waals surface area contributed by atoms with Crippen molar-refractivity contribution in [3.63, 3.8) is 0 Å². The predicted molar refractivity (Wildman–Crippen MR) is 77.9 cm³/mol. The number of hydrogen-bond donors (Lipinski definition) is 2. The highest BCUT2D eigenvalue weighted by Gasteiger charge is 2.26. The van der Waals surface area contributed by atoms with Crippen LogP contribution in [0.1, 0.15) is 37.4 Å². The van der Waals surface area contributed by atoms with Crippen LogP contribution in [0.15, 0.2) is 18.2 Å².